The van der Waals surface area contributed by atoms with Crippen LogP contribution in [0.15, 0.2) is 28.2 Å². The molecule has 3 rings (SSSR count). The third-order valence-electron chi connectivity index (χ3n) is 3.05. The van der Waals surface area contributed by atoms with Gasteiger partial charge in [0.05, 0.1) is 11.4 Å². The first kappa shape index (κ1) is 16.7. The molecule has 0 saturated carbocycles. The van der Waals surface area contributed by atoms with Crippen molar-refractivity contribution in [1.29, 1.82) is 0 Å². The Morgan fingerprint density at radius 1 is 1.30 bits per heavy atom. The highest BCUT2D eigenvalue weighted by atomic mass is 35.5. The Kier molecular flexibility index (Phi) is 5.21. The van der Waals surface area contributed by atoms with Crippen LogP contribution in [-0.2, 0) is 16.3 Å². The lowest BCUT2D eigenvalue weighted by Crippen LogP contribution is -2.17. The van der Waals surface area contributed by atoms with Gasteiger partial charge in [-0.2, -0.15) is 11.8 Å². The zero-order chi connectivity index (χ0) is 16.4. The lowest BCUT2D eigenvalue weighted by molar-refractivity contribution is -0.113. The number of halogens is 2. The minimum absolute atomic E-state index is 0.121. The average molecular weight is 388 g/mol. The van der Waals surface area contributed by atoms with Gasteiger partial charge < -0.3 is 10.3 Å². The summed E-state index contributed by atoms with van der Waals surface area (Å²) in [4.78, 5) is 31.0. The molecule has 0 radical (unpaired) electrons. The summed E-state index contributed by atoms with van der Waals surface area (Å²) in [6.07, 6.45) is 0. The molecule has 1 aromatic heterocycles. The number of hydrogen-bond acceptors (Lipinski definition) is 5. The number of thioether (sulfide) groups is 2. The fourth-order valence-corrected chi connectivity index (χ4v) is 4.31. The van der Waals surface area contributed by atoms with Crippen molar-refractivity contribution in [3.8, 4) is 0 Å². The molecule has 1 aliphatic heterocycles. The van der Waals surface area contributed by atoms with Gasteiger partial charge in [-0.1, -0.05) is 35.0 Å². The Hall–Kier alpha value is -1.15. The summed E-state index contributed by atoms with van der Waals surface area (Å²) >= 11 is 14.6. The molecule has 2 aromatic rings. The van der Waals surface area contributed by atoms with Gasteiger partial charge in [0, 0.05) is 32.8 Å². The van der Waals surface area contributed by atoms with Gasteiger partial charge in [-0.3, -0.25) is 9.59 Å². The van der Waals surface area contributed by atoms with Crippen molar-refractivity contribution >= 4 is 58.3 Å². The predicted octanol–water partition coefficient (Wildman–Crippen LogP) is 3.55. The number of carbonyl (C=O) groups excluding carboxylic acids is 1. The second-order valence-electron chi connectivity index (χ2n) is 4.78. The molecule has 0 spiro atoms. The zero-order valence-corrected chi connectivity index (χ0v) is 14.8. The summed E-state index contributed by atoms with van der Waals surface area (Å²) in [5.41, 5.74) is 1.95. The molecule has 1 amide bonds. The number of anilines is 1. The summed E-state index contributed by atoms with van der Waals surface area (Å²) in [6.45, 7) is 0. The second kappa shape index (κ2) is 7.17. The maximum absolute atomic E-state index is 12.0. The summed E-state index contributed by atoms with van der Waals surface area (Å²) < 4.78 is 0. The summed E-state index contributed by atoms with van der Waals surface area (Å²) in [7, 11) is 0. The number of rotatable bonds is 4. The van der Waals surface area contributed by atoms with E-state index in [4.69, 9.17) is 23.2 Å². The lowest BCUT2D eigenvalue weighted by Gasteiger charge is -2.06. The van der Waals surface area contributed by atoms with Crippen LogP contribution in [0, 0.1) is 0 Å². The highest BCUT2D eigenvalue weighted by Crippen LogP contribution is 2.27. The van der Waals surface area contributed by atoms with Crippen LogP contribution in [0.4, 0.5) is 5.69 Å². The normalized spacial score (nSPS) is 13.0. The number of amides is 1. The molecule has 0 fully saturated rings. The highest BCUT2D eigenvalue weighted by molar-refractivity contribution is 7.99. The molecular formula is C14H11Cl2N3O2S2. The molecule has 1 aromatic carbocycles. The van der Waals surface area contributed by atoms with E-state index >= 15 is 0 Å². The van der Waals surface area contributed by atoms with Gasteiger partial charge in [-0.25, -0.2) is 4.98 Å². The molecule has 0 saturated heterocycles. The highest BCUT2D eigenvalue weighted by Gasteiger charge is 2.18. The minimum atomic E-state index is -0.231. The minimum Gasteiger partial charge on any atom is -0.325 e. The molecule has 2 heterocycles. The number of hydrogen-bond donors (Lipinski definition) is 2. The Morgan fingerprint density at radius 3 is 2.78 bits per heavy atom. The van der Waals surface area contributed by atoms with Gasteiger partial charge >= 0.3 is 0 Å². The van der Waals surface area contributed by atoms with Crippen LogP contribution in [0.25, 0.3) is 0 Å². The van der Waals surface area contributed by atoms with E-state index in [-0.39, 0.29) is 17.2 Å². The van der Waals surface area contributed by atoms with Crippen molar-refractivity contribution in [2.45, 2.75) is 16.7 Å². The number of nitrogens with one attached hydrogen (secondary N) is 2. The van der Waals surface area contributed by atoms with Crippen molar-refractivity contribution in [3.05, 3.63) is 49.9 Å². The number of aromatic amines is 1. The topological polar surface area (TPSA) is 74.8 Å². The first-order chi connectivity index (χ1) is 11.0. The molecule has 5 nitrogen and oxygen atoms in total. The number of H-pyrrole nitrogens is 1. The maximum Gasteiger partial charge on any atom is 0.255 e. The molecular weight excluding hydrogens is 377 g/mol. The van der Waals surface area contributed by atoms with E-state index < -0.39 is 0 Å². The Balaban J connectivity index is 1.63. The van der Waals surface area contributed by atoms with E-state index in [1.165, 1.54) is 11.8 Å². The average Bonchev–Trinajstić information content (AvgIpc) is 2.93. The van der Waals surface area contributed by atoms with Crippen molar-refractivity contribution in [2.24, 2.45) is 0 Å². The van der Waals surface area contributed by atoms with Gasteiger partial charge in [0.25, 0.3) is 5.56 Å². The van der Waals surface area contributed by atoms with Gasteiger partial charge in [0.15, 0.2) is 5.16 Å². The van der Waals surface area contributed by atoms with Crippen LogP contribution < -0.4 is 10.9 Å². The maximum atomic E-state index is 12.0. The van der Waals surface area contributed by atoms with Crippen molar-refractivity contribution < 1.29 is 4.79 Å². The first-order valence-corrected chi connectivity index (χ1v) is 9.49. The molecule has 0 aliphatic carbocycles. The van der Waals surface area contributed by atoms with Gasteiger partial charge in [-0.05, 0) is 18.2 Å². The SMILES string of the molecule is O=C(CSc1nc2c(c(=O)[nH]1)CSC2)Nc1cc(Cl)cc(Cl)c1. The zero-order valence-electron chi connectivity index (χ0n) is 11.7. The number of aromatic nitrogens is 2. The Morgan fingerprint density at radius 2 is 2.04 bits per heavy atom. The van der Waals surface area contributed by atoms with Crippen molar-refractivity contribution in [1.82, 2.24) is 9.97 Å². The van der Waals surface area contributed by atoms with E-state index in [0.717, 1.165) is 17.0 Å². The van der Waals surface area contributed by atoms with Gasteiger partial charge in [0.2, 0.25) is 5.91 Å². The van der Waals surface area contributed by atoms with Crippen LogP contribution in [0.3, 0.4) is 0 Å². The van der Waals surface area contributed by atoms with E-state index in [1.807, 2.05) is 0 Å². The number of benzene rings is 1. The van der Waals surface area contributed by atoms with Crippen LogP contribution in [0.5, 0.6) is 0 Å². The summed E-state index contributed by atoms with van der Waals surface area (Å²) in [5, 5.41) is 4.06. The molecule has 0 unspecified atom stereocenters. The number of fused-ring (bicyclic) bond motifs is 1. The largest absolute Gasteiger partial charge is 0.325 e. The van der Waals surface area contributed by atoms with Gasteiger partial charge in [0.1, 0.15) is 0 Å². The van der Waals surface area contributed by atoms with Crippen LogP contribution >= 0.6 is 46.7 Å². The lowest BCUT2D eigenvalue weighted by atomic mass is 10.3. The third kappa shape index (κ3) is 4.23. The van der Waals surface area contributed by atoms with Gasteiger partial charge in [-0.15, -0.1) is 0 Å². The van der Waals surface area contributed by atoms with E-state index in [1.54, 1.807) is 30.0 Å². The van der Waals surface area contributed by atoms with E-state index in [0.29, 0.717) is 26.6 Å². The molecule has 0 bridgehead atoms. The summed E-state index contributed by atoms with van der Waals surface area (Å²) in [6, 6.07) is 4.82. The van der Waals surface area contributed by atoms with E-state index in [2.05, 4.69) is 15.3 Å². The molecule has 1 aliphatic rings. The molecule has 9 heteroatoms. The smallest absolute Gasteiger partial charge is 0.255 e. The van der Waals surface area contributed by atoms with Crippen molar-refractivity contribution in [3.63, 3.8) is 0 Å². The quantitative estimate of drug-likeness (QED) is 0.619. The van der Waals surface area contributed by atoms with Crippen LogP contribution in [0.1, 0.15) is 11.3 Å². The molecule has 0 atom stereocenters. The monoisotopic (exact) mass is 387 g/mol. The predicted molar refractivity (Wildman–Crippen MR) is 95.7 cm³/mol. The molecule has 2 N–H and O–H groups in total. The van der Waals surface area contributed by atoms with Crippen molar-refractivity contribution in [2.75, 3.05) is 11.1 Å². The number of carbonyl (C=O) groups is 1. The van der Waals surface area contributed by atoms with Crippen LogP contribution in [0.2, 0.25) is 10.0 Å². The fourth-order valence-electron chi connectivity index (χ4n) is 2.06. The third-order valence-corrected chi connectivity index (χ3v) is 5.33. The molecule has 120 valence electrons. The molecule has 23 heavy (non-hydrogen) atoms. The van der Waals surface area contributed by atoms with Crippen LogP contribution in [-0.4, -0.2) is 21.6 Å². The summed E-state index contributed by atoms with van der Waals surface area (Å²) in [5.74, 6) is 1.32. The number of nitrogens with zero attached hydrogens (tertiary/aromatic N) is 1. The van der Waals surface area contributed by atoms with E-state index in [9.17, 15) is 9.59 Å². The Labute approximate surface area is 150 Å². The second-order valence-corrected chi connectivity index (χ2v) is 7.61. The fraction of sp³-hybridized carbons (Fsp3) is 0.214. The first-order valence-electron chi connectivity index (χ1n) is 6.60. The standard InChI is InChI=1S/C14H11Cl2N3O2S2/c15-7-1-8(16)3-9(2-7)17-12(20)6-23-14-18-11-5-22-4-10(11)13(21)19-14/h1-3H,4-6H2,(H,17,20)(H,18,19,21). The Bertz CT molecular complexity index is 806.